The highest BCUT2D eigenvalue weighted by atomic mass is 35.5. The molecular formula is C20H20ClN5O3. The van der Waals surface area contributed by atoms with E-state index in [9.17, 15) is 9.59 Å². The summed E-state index contributed by atoms with van der Waals surface area (Å²) in [4.78, 5) is 25.3. The number of rotatable bonds is 7. The molecule has 0 spiro atoms. The van der Waals surface area contributed by atoms with Gasteiger partial charge in [0, 0.05) is 17.1 Å². The number of aryl methyl sites for hydroxylation is 1. The van der Waals surface area contributed by atoms with Crippen LogP contribution in [0.5, 0.6) is 0 Å². The van der Waals surface area contributed by atoms with Crippen molar-refractivity contribution in [1.82, 2.24) is 20.2 Å². The Hall–Kier alpha value is -3.26. The summed E-state index contributed by atoms with van der Waals surface area (Å²) in [5, 5.41) is 14.2. The maximum atomic E-state index is 12.8. The van der Waals surface area contributed by atoms with Crippen LogP contribution in [-0.2, 0) is 20.7 Å². The maximum absolute atomic E-state index is 12.8. The monoisotopic (exact) mass is 413 g/mol. The molecule has 150 valence electrons. The number of ether oxygens (including phenoxy) is 1. The summed E-state index contributed by atoms with van der Waals surface area (Å²) in [7, 11) is 0. The fourth-order valence-corrected chi connectivity index (χ4v) is 2.88. The zero-order chi connectivity index (χ0) is 20.8. The van der Waals surface area contributed by atoms with Crippen molar-refractivity contribution < 1.29 is 14.3 Å². The van der Waals surface area contributed by atoms with Gasteiger partial charge in [-0.15, -0.1) is 5.10 Å². The first kappa shape index (κ1) is 20.5. The van der Waals surface area contributed by atoms with E-state index in [-0.39, 0.29) is 0 Å². The lowest BCUT2D eigenvalue weighted by atomic mass is 10.1. The van der Waals surface area contributed by atoms with Crippen LogP contribution in [0.2, 0.25) is 5.02 Å². The summed E-state index contributed by atoms with van der Waals surface area (Å²) in [5.74, 6) is -1.06. The molecule has 9 heteroatoms. The minimum atomic E-state index is -1.02. The van der Waals surface area contributed by atoms with Gasteiger partial charge >= 0.3 is 5.97 Å². The van der Waals surface area contributed by atoms with Gasteiger partial charge in [-0.05, 0) is 47.5 Å². The summed E-state index contributed by atoms with van der Waals surface area (Å²) in [6.07, 6.45) is 0.650. The van der Waals surface area contributed by atoms with E-state index in [1.165, 1.54) is 17.9 Å². The minimum Gasteiger partial charge on any atom is -0.451 e. The van der Waals surface area contributed by atoms with Crippen LogP contribution in [0.3, 0.4) is 0 Å². The zero-order valence-electron chi connectivity index (χ0n) is 15.9. The number of nitrogens with zero attached hydrogens (tertiary/aromatic N) is 4. The molecule has 2 atom stereocenters. The molecule has 0 unspecified atom stereocenters. The lowest BCUT2D eigenvalue weighted by Gasteiger charge is -2.19. The first-order chi connectivity index (χ1) is 13.9. The van der Waals surface area contributed by atoms with E-state index in [0.717, 1.165) is 11.1 Å². The Balaban J connectivity index is 1.69. The third-order valence-electron chi connectivity index (χ3n) is 4.35. The van der Waals surface area contributed by atoms with E-state index in [2.05, 4.69) is 20.8 Å². The van der Waals surface area contributed by atoms with Crippen LogP contribution in [0.15, 0.2) is 54.9 Å². The number of anilines is 1. The van der Waals surface area contributed by atoms with E-state index >= 15 is 0 Å². The van der Waals surface area contributed by atoms with Crippen molar-refractivity contribution in [2.75, 3.05) is 5.32 Å². The van der Waals surface area contributed by atoms with Gasteiger partial charge in [-0.25, -0.2) is 9.48 Å². The van der Waals surface area contributed by atoms with Crippen LogP contribution in [0.4, 0.5) is 5.69 Å². The van der Waals surface area contributed by atoms with E-state index < -0.39 is 24.0 Å². The number of hydrogen-bond acceptors (Lipinski definition) is 6. The molecule has 3 rings (SSSR count). The van der Waals surface area contributed by atoms with Gasteiger partial charge in [0.25, 0.3) is 5.91 Å². The second kappa shape index (κ2) is 9.29. The van der Waals surface area contributed by atoms with Crippen molar-refractivity contribution in [3.63, 3.8) is 0 Å². The number of esters is 1. The van der Waals surface area contributed by atoms with Crippen LogP contribution in [0, 0.1) is 6.92 Å². The molecule has 0 radical (unpaired) electrons. The molecule has 29 heavy (non-hydrogen) atoms. The highest BCUT2D eigenvalue weighted by molar-refractivity contribution is 6.31. The first-order valence-corrected chi connectivity index (χ1v) is 9.35. The quantitative estimate of drug-likeness (QED) is 0.598. The number of halogens is 1. The number of tetrazole rings is 1. The summed E-state index contributed by atoms with van der Waals surface area (Å²) >= 11 is 5.98. The Morgan fingerprint density at radius 2 is 1.97 bits per heavy atom. The Labute approximate surface area is 172 Å². The molecule has 0 aliphatic heterocycles. The Morgan fingerprint density at radius 1 is 1.21 bits per heavy atom. The van der Waals surface area contributed by atoms with Crippen LogP contribution in [-0.4, -0.2) is 38.2 Å². The van der Waals surface area contributed by atoms with Gasteiger partial charge < -0.3 is 10.1 Å². The molecule has 2 aromatic carbocycles. The molecule has 1 amide bonds. The average molecular weight is 414 g/mol. The average Bonchev–Trinajstić information content (AvgIpc) is 3.24. The maximum Gasteiger partial charge on any atom is 0.332 e. The summed E-state index contributed by atoms with van der Waals surface area (Å²) < 4.78 is 6.73. The standard InChI is InChI=1S/C20H20ClN5O3/c1-13-8-9-16(21)11-17(13)23-19(27)14(2)29-20(28)18(26-12-22-24-25-26)10-15-6-4-3-5-7-15/h3-9,11-12,14,18H,10H2,1-2H3,(H,23,27)/t14-,18+/m1/s1. The summed E-state index contributed by atoms with van der Waals surface area (Å²) in [6, 6.07) is 13.8. The van der Waals surface area contributed by atoms with E-state index in [4.69, 9.17) is 16.3 Å². The molecule has 0 fully saturated rings. The number of hydrogen-bond donors (Lipinski definition) is 1. The number of amides is 1. The second-order valence-electron chi connectivity index (χ2n) is 6.52. The SMILES string of the molecule is Cc1ccc(Cl)cc1NC(=O)[C@@H](C)OC(=O)[C@H](Cc1ccccc1)n1cnnn1. The molecule has 3 aromatic rings. The van der Waals surface area contributed by atoms with Crippen molar-refractivity contribution in [3.05, 3.63) is 71.0 Å². The van der Waals surface area contributed by atoms with Crippen molar-refractivity contribution in [2.45, 2.75) is 32.4 Å². The number of nitrogens with one attached hydrogen (secondary N) is 1. The van der Waals surface area contributed by atoms with Crippen molar-refractivity contribution in [3.8, 4) is 0 Å². The van der Waals surface area contributed by atoms with Crippen molar-refractivity contribution in [1.29, 1.82) is 0 Å². The second-order valence-corrected chi connectivity index (χ2v) is 6.96. The molecule has 0 saturated heterocycles. The van der Waals surface area contributed by atoms with Crippen LogP contribution in [0.1, 0.15) is 24.1 Å². The molecule has 1 heterocycles. The fourth-order valence-electron chi connectivity index (χ4n) is 2.70. The van der Waals surface area contributed by atoms with E-state index in [1.54, 1.807) is 18.2 Å². The van der Waals surface area contributed by atoms with Gasteiger partial charge in [-0.1, -0.05) is 48.0 Å². The number of aromatic nitrogens is 4. The summed E-state index contributed by atoms with van der Waals surface area (Å²) in [6.45, 7) is 3.35. The highest BCUT2D eigenvalue weighted by Crippen LogP contribution is 2.21. The van der Waals surface area contributed by atoms with Gasteiger partial charge in [0.1, 0.15) is 6.33 Å². The van der Waals surface area contributed by atoms with Gasteiger partial charge in [-0.2, -0.15) is 0 Å². The normalized spacial score (nSPS) is 12.8. The zero-order valence-corrected chi connectivity index (χ0v) is 16.7. The topological polar surface area (TPSA) is 99.0 Å². The van der Waals surface area contributed by atoms with E-state index in [0.29, 0.717) is 17.1 Å². The van der Waals surface area contributed by atoms with Crippen molar-refractivity contribution in [2.24, 2.45) is 0 Å². The van der Waals surface area contributed by atoms with Crippen LogP contribution in [0.25, 0.3) is 0 Å². The molecule has 1 N–H and O–H groups in total. The minimum absolute atomic E-state index is 0.326. The molecule has 1 aromatic heterocycles. The van der Waals surface area contributed by atoms with Gasteiger partial charge in [0.2, 0.25) is 0 Å². The Bertz CT molecular complexity index is 979. The predicted octanol–water partition coefficient (Wildman–Crippen LogP) is 2.99. The Kier molecular flexibility index (Phi) is 6.56. The van der Waals surface area contributed by atoms with Crippen LogP contribution >= 0.6 is 11.6 Å². The van der Waals surface area contributed by atoms with Crippen LogP contribution < -0.4 is 5.32 Å². The van der Waals surface area contributed by atoms with Gasteiger partial charge in [0.05, 0.1) is 0 Å². The Morgan fingerprint density at radius 3 is 2.66 bits per heavy atom. The molecule has 8 nitrogen and oxygen atoms in total. The fraction of sp³-hybridized carbons (Fsp3) is 0.250. The summed E-state index contributed by atoms with van der Waals surface area (Å²) in [5.41, 5.74) is 2.32. The third kappa shape index (κ3) is 5.39. The number of benzene rings is 2. The molecule has 0 aliphatic rings. The van der Waals surface area contributed by atoms with Gasteiger partial charge in [0.15, 0.2) is 12.1 Å². The van der Waals surface area contributed by atoms with Crippen molar-refractivity contribution >= 4 is 29.2 Å². The lowest BCUT2D eigenvalue weighted by molar-refractivity contribution is -0.156. The van der Waals surface area contributed by atoms with E-state index in [1.807, 2.05) is 37.3 Å². The molecule has 0 aliphatic carbocycles. The largest absolute Gasteiger partial charge is 0.451 e. The molecular weight excluding hydrogens is 394 g/mol. The third-order valence-corrected chi connectivity index (χ3v) is 4.58. The predicted molar refractivity (Wildman–Crippen MR) is 107 cm³/mol. The highest BCUT2D eigenvalue weighted by Gasteiger charge is 2.28. The first-order valence-electron chi connectivity index (χ1n) is 8.98. The molecule has 0 saturated carbocycles. The molecule has 0 bridgehead atoms. The number of carbonyl (C=O) groups excluding carboxylic acids is 2. The lowest BCUT2D eigenvalue weighted by Crippen LogP contribution is -2.34. The smallest absolute Gasteiger partial charge is 0.332 e. The van der Waals surface area contributed by atoms with Gasteiger partial charge in [-0.3, -0.25) is 4.79 Å². The number of carbonyl (C=O) groups is 2.